The summed E-state index contributed by atoms with van der Waals surface area (Å²) in [5.74, 6) is 0.656. The highest BCUT2D eigenvalue weighted by Gasteiger charge is 2.36. The van der Waals surface area contributed by atoms with Crippen LogP contribution in [-0.4, -0.2) is 38.1 Å². The molecule has 1 aliphatic carbocycles. The molecule has 0 saturated heterocycles. The Kier molecular flexibility index (Phi) is 3.32. The molecule has 0 heterocycles. The van der Waals surface area contributed by atoms with Crippen LogP contribution in [0.15, 0.2) is 0 Å². The largest absolute Gasteiger partial charge is 0.329 e. The summed E-state index contributed by atoms with van der Waals surface area (Å²) in [5.41, 5.74) is 5.56. The fraction of sp³-hybridized carbons (Fsp3) is 1.00. The van der Waals surface area contributed by atoms with E-state index in [-0.39, 0.29) is 11.8 Å². The van der Waals surface area contributed by atoms with Gasteiger partial charge in [-0.1, -0.05) is 0 Å². The number of hydrogen-bond acceptors (Lipinski definition) is 3. The molecule has 2 N–H and O–H groups in total. The summed E-state index contributed by atoms with van der Waals surface area (Å²) < 4.78 is 24.5. The summed E-state index contributed by atoms with van der Waals surface area (Å²) in [7, 11) is -1.43. The van der Waals surface area contributed by atoms with E-state index in [1.54, 1.807) is 14.0 Å². The molecular weight excluding hydrogens is 188 g/mol. The Morgan fingerprint density at radius 3 is 2.38 bits per heavy atom. The summed E-state index contributed by atoms with van der Waals surface area (Å²) in [5, 5.41) is 0. The van der Waals surface area contributed by atoms with E-state index in [0.29, 0.717) is 12.5 Å². The molecule has 1 fully saturated rings. The second-order valence-electron chi connectivity index (χ2n) is 3.56. The van der Waals surface area contributed by atoms with Gasteiger partial charge in [-0.15, -0.1) is 0 Å². The Bertz CT molecular complexity index is 259. The van der Waals surface area contributed by atoms with Crippen LogP contribution >= 0.6 is 0 Å². The standard InChI is InChI=1S/C8H18N2O2S/c1-3-13(11,12)10(2)8(6-9)7-4-5-7/h7-8H,3-6,9H2,1-2H3. The molecule has 0 amide bonds. The lowest BCUT2D eigenvalue weighted by atomic mass is 10.2. The van der Waals surface area contributed by atoms with Crippen LogP contribution in [0, 0.1) is 5.92 Å². The summed E-state index contributed by atoms with van der Waals surface area (Å²) in [6.07, 6.45) is 2.23. The Balaban J connectivity index is 2.68. The van der Waals surface area contributed by atoms with Crippen LogP contribution < -0.4 is 5.73 Å². The molecule has 0 aromatic heterocycles. The first-order chi connectivity index (χ1) is 6.03. The van der Waals surface area contributed by atoms with E-state index < -0.39 is 10.0 Å². The molecule has 0 radical (unpaired) electrons. The normalized spacial score (nSPS) is 20.6. The number of sulfonamides is 1. The molecule has 0 bridgehead atoms. The molecule has 4 nitrogen and oxygen atoms in total. The zero-order valence-corrected chi connectivity index (χ0v) is 9.05. The maximum atomic E-state index is 11.5. The highest BCUT2D eigenvalue weighted by molar-refractivity contribution is 7.89. The summed E-state index contributed by atoms with van der Waals surface area (Å²) in [6, 6.07) is 0.0185. The minimum Gasteiger partial charge on any atom is -0.329 e. The fourth-order valence-corrected chi connectivity index (χ4v) is 2.61. The number of likely N-dealkylation sites (N-methyl/N-ethyl adjacent to an activating group) is 1. The van der Waals surface area contributed by atoms with Crippen molar-refractivity contribution in [1.29, 1.82) is 0 Å². The molecule has 1 atom stereocenters. The van der Waals surface area contributed by atoms with Crippen LogP contribution in [0.4, 0.5) is 0 Å². The third kappa shape index (κ3) is 2.42. The van der Waals surface area contributed by atoms with E-state index >= 15 is 0 Å². The molecule has 5 heteroatoms. The zero-order valence-electron chi connectivity index (χ0n) is 8.23. The van der Waals surface area contributed by atoms with Gasteiger partial charge in [0.2, 0.25) is 10.0 Å². The average molecular weight is 206 g/mol. The Labute approximate surface area is 80.1 Å². The van der Waals surface area contributed by atoms with Crippen LogP contribution in [0.1, 0.15) is 19.8 Å². The van der Waals surface area contributed by atoms with Crippen molar-refractivity contribution in [2.75, 3.05) is 19.3 Å². The van der Waals surface area contributed by atoms with Gasteiger partial charge in [0.05, 0.1) is 5.75 Å². The first-order valence-electron chi connectivity index (χ1n) is 4.68. The minimum absolute atomic E-state index is 0.0185. The smallest absolute Gasteiger partial charge is 0.213 e. The molecule has 1 unspecified atom stereocenters. The average Bonchev–Trinajstić information content (AvgIpc) is 2.89. The van der Waals surface area contributed by atoms with Gasteiger partial charge in [0.25, 0.3) is 0 Å². The predicted molar refractivity (Wildman–Crippen MR) is 52.8 cm³/mol. The van der Waals surface area contributed by atoms with Gasteiger partial charge in [-0.2, -0.15) is 0 Å². The Morgan fingerprint density at radius 2 is 2.08 bits per heavy atom. The molecule has 0 spiro atoms. The molecule has 1 saturated carbocycles. The maximum Gasteiger partial charge on any atom is 0.213 e. The van der Waals surface area contributed by atoms with Crippen LogP contribution in [-0.2, 0) is 10.0 Å². The van der Waals surface area contributed by atoms with Crippen molar-refractivity contribution in [2.45, 2.75) is 25.8 Å². The lowest BCUT2D eigenvalue weighted by Crippen LogP contribution is -2.43. The third-order valence-corrected chi connectivity index (χ3v) is 4.56. The highest BCUT2D eigenvalue weighted by atomic mass is 32.2. The Hall–Kier alpha value is -0.130. The van der Waals surface area contributed by atoms with Crippen molar-refractivity contribution < 1.29 is 8.42 Å². The second-order valence-corrected chi connectivity index (χ2v) is 5.87. The quantitative estimate of drug-likeness (QED) is 0.689. The molecule has 1 aliphatic rings. The van der Waals surface area contributed by atoms with Crippen molar-refractivity contribution in [1.82, 2.24) is 4.31 Å². The SMILES string of the molecule is CCS(=O)(=O)N(C)C(CN)C1CC1. The number of nitrogens with two attached hydrogens (primary N) is 1. The van der Waals surface area contributed by atoms with Crippen molar-refractivity contribution in [3.05, 3.63) is 0 Å². The maximum absolute atomic E-state index is 11.5. The first kappa shape index (κ1) is 10.9. The van der Waals surface area contributed by atoms with Crippen molar-refractivity contribution in [3.8, 4) is 0 Å². The number of rotatable bonds is 5. The number of hydrogen-bond donors (Lipinski definition) is 1. The summed E-state index contributed by atoms with van der Waals surface area (Å²) >= 11 is 0. The number of nitrogens with zero attached hydrogens (tertiary/aromatic N) is 1. The van der Waals surface area contributed by atoms with E-state index in [2.05, 4.69) is 0 Å². The van der Waals surface area contributed by atoms with E-state index in [1.807, 2.05) is 0 Å². The lowest BCUT2D eigenvalue weighted by molar-refractivity contribution is 0.341. The van der Waals surface area contributed by atoms with Gasteiger partial charge in [-0.25, -0.2) is 12.7 Å². The monoisotopic (exact) mass is 206 g/mol. The molecule has 0 aromatic carbocycles. The minimum atomic E-state index is -3.06. The molecule has 13 heavy (non-hydrogen) atoms. The lowest BCUT2D eigenvalue weighted by Gasteiger charge is -2.25. The van der Waals surface area contributed by atoms with Crippen LogP contribution in [0.5, 0.6) is 0 Å². The molecule has 78 valence electrons. The third-order valence-electron chi connectivity index (χ3n) is 2.68. The second kappa shape index (κ2) is 3.94. The van der Waals surface area contributed by atoms with Gasteiger partial charge in [0.1, 0.15) is 0 Å². The van der Waals surface area contributed by atoms with Gasteiger partial charge in [-0.05, 0) is 25.7 Å². The topological polar surface area (TPSA) is 63.4 Å². The van der Waals surface area contributed by atoms with Crippen molar-refractivity contribution in [3.63, 3.8) is 0 Å². The molecule has 0 aliphatic heterocycles. The van der Waals surface area contributed by atoms with E-state index in [1.165, 1.54) is 4.31 Å². The fourth-order valence-electron chi connectivity index (χ4n) is 1.53. The molecule has 0 aromatic rings. The van der Waals surface area contributed by atoms with Crippen molar-refractivity contribution >= 4 is 10.0 Å². The van der Waals surface area contributed by atoms with E-state index in [4.69, 9.17) is 5.73 Å². The first-order valence-corrected chi connectivity index (χ1v) is 6.29. The van der Waals surface area contributed by atoms with Gasteiger partial charge < -0.3 is 5.73 Å². The van der Waals surface area contributed by atoms with Gasteiger partial charge in [0, 0.05) is 19.6 Å². The summed E-state index contributed by atoms with van der Waals surface area (Å²) in [6.45, 7) is 2.09. The molecular formula is C8H18N2O2S. The van der Waals surface area contributed by atoms with E-state index in [9.17, 15) is 8.42 Å². The van der Waals surface area contributed by atoms with Gasteiger partial charge >= 0.3 is 0 Å². The van der Waals surface area contributed by atoms with E-state index in [0.717, 1.165) is 12.8 Å². The zero-order chi connectivity index (χ0) is 10.1. The highest BCUT2D eigenvalue weighted by Crippen LogP contribution is 2.35. The van der Waals surface area contributed by atoms with Gasteiger partial charge in [0.15, 0.2) is 0 Å². The Morgan fingerprint density at radius 1 is 1.54 bits per heavy atom. The summed E-state index contributed by atoms with van der Waals surface area (Å²) in [4.78, 5) is 0. The van der Waals surface area contributed by atoms with Crippen molar-refractivity contribution in [2.24, 2.45) is 11.7 Å². The van der Waals surface area contributed by atoms with Crippen LogP contribution in [0.2, 0.25) is 0 Å². The predicted octanol–water partition coefficient (Wildman–Crippen LogP) is 0.00520. The molecule has 1 rings (SSSR count). The van der Waals surface area contributed by atoms with Gasteiger partial charge in [-0.3, -0.25) is 0 Å². The van der Waals surface area contributed by atoms with Crippen LogP contribution in [0.25, 0.3) is 0 Å². The van der Waals surface area contributed by atoms with Crippen LogP contribution in [0.3, 0.4) is 0 Å².